The Morgan fingerprint density at radius 3 is 1.56 bits per heavy atom. The fourth-order valence-electron chi connectivity index (χ4n) is 3.35. The molecule has 3 aliphatic rings. The smallest absolute Gasteiger partial charge is 0.195 e. The molecule has 0 aromatic heterocycles. The second kappa shape index (κ2) is 4.13. The summed E-state index contributed by atoms with van der Waals surface area (Å²) in [5, 5.41) is 40.6. The van der Waals surface area contributed by atoms with Gasteiger partial charge in [-0.2, -0.15) is 0 Å². The molecule has 6 unspecified atom stereocenters. The average molecular weight is 260 g/mol. The van der Waals surface area contributed by atoms with Crippen LogP contribution in [0.1, 0.15) is 38.5 Å². The molecule has 3 fully saturated rings. The van der Waals surface area contributed by atoms with E-state index in [0.717, 1.165) is 0 Å². The van der Waals surface area contributed by atoms with Gasteiger partial charge in [0.25, 0.3) is 0 Å². The zero-order valence-electron chi connectivity index (χ0n) is 10.2. The van der Waals surface area contributed by atoms with Crippen LogP contribution in [-0.4, -0.2) is 56.4 Å². The van der Waals surface area contributed by atoms with Crippen LogP contribution in [0.4, 0.5) is 0 Å². The standard InChI is InChI=1S/C12H20O6/c13-7-3-1-5-11(15)9(7)18-12(16)6-2-4-8(14)10(12)17-11/h7-10,13-16H,1-6H2. The third-order valence-corrected chi connectivity index (χ3v) is 4.32. The van der Waals surface area contributed by atoms with Crippen molar-refractivity contribution in [1.82, 2.24) is 0 Å². The Kier molecular flexibility index (Phi) is 2.93. The van der Waals surface area contributed by atoms with Crippen LogP contribution >= 0.6 is 0 Å². The predicted molar refractivity (Wildman–Crippen MR) is 59.4 cm³/mol. The lowest BCUT2D eigenvalue weighted by atomic mass is 9.82. The molecule has 0 bridgehead atoms. The second-order valence-electron chi connectivity index (χ2n) is 5.69. The summed E-state index contributed by atoms with van der Waals surface area (Å²) in [5.74, 6) is -3.21. The molecule has 0 aromatic carbocycles. The van der Waals surface area contributed by atoms with Gasteiger partial charge >= 0.3 is 0 Å². The Bertz CT molecular complexity index is 305. The minimum atomic E-state index is -1.60. The molecule has 1 saturated heterocycles. The Balaban J connectivity index is 1.89. The van der Waals surface area contributed by atoms with Gasteiger partial charge in [-0.05, 0) is 25.7 Å². The highest BCUT2D eigenvalue weighted by atomic mass is 16.7. The summed E-state index contributed by atoms with van der Waals surface area (Å²) in [7, 11) is 0. The van der Waals surface area contributed by atoms with Gasteiger partial charge in [-0.3, -0.25) is 0 Å². The molecule has 6 nitrogen and oxygen atoms in total. The minimum absolute atomic E-state index is 0.341. The first-order chi connectivity index (χ1) is 8.45. The van der Waals surface area contributed by atoms with Crippen LogP contribution in [0.15, 0.2) is 0 Å². The molecule has 1 aliphatic heterocycles. The van der Waals surface area contributed by atoms with E-state index in [2.05, 4.69) is 0 Å². The van der Waals surface area contributed by atoms with Gasteiger partial charge in [0.2, 0.25) is 0 Å². The number of aliphatic hydroxyl groups excluding tert-OH is 2. The highest BCUT2D eigenvalue weighted by Crippen LogP contribution is 2.46. The zero-order chi connectivity index (χ0) is 13.0. The van der Waals surface area contributed by atoms with E-state index in [9.17, 15) is 20.4 Å². The summed E-state index contributed by atoms with van der Waals surface area (Å²) >= 11 is 0. The van der Waals surface area contributed by atoms with Crippen molar-refractivity contribution in [2.75, 3.05) is 0 Å². The number of hydrogen-bond donors (Lipinski definition) is 4. The van der Waals surface area contributed by atoms with Gasteiger partial charge < -0.3 is 29.9 Å². The summed E-state index contributed by atoms with van der Waals surface area (Å²) in [6, 6.07) is 0. The van der Waals surface area contributed by atoms with Crippen LogP contribution in [0.3, 0.4) is 0 Å². The quantitative estimate of drug-likeness (QED) is 0.457. The van der Waals surface area contributed by atoms with Crippen molar-refractivity contribution >= 4 is 0 Å². The van der Waals surface area contributed by atoms with Crippen molar-refractivity contribution in [3.05, 3.63) is 0 Å². The lowest BCUT2D eigenvalue weighted by Crippen LogP contribution is -2.71. The van der Waals surface area contributed by atoms with Gasteiger partial charge in [-0.15, -0.1) is 0 Å². The number of ether oxygens (including phenoxy) is 2. The molecule has 0 aromatic rings. The Hall–Kier alpha value is -0.240. The highest BCUT2D eigenvalue weighted by Gasteiger charge is 2.61. The van der Waals surface area contributed by atoms with Gasteiger partial charge in [0, 0.05) is 12.8 Å². The monoisotopic (exact) mass is 260 g/mol. The molecule has 0 radical (unpaired) electrons. The zero-order valence-corrected chi connectivity index (χ0v) is 10.2. The first-order valence-electron chi connectivity index (χ1n) is 6.61. The summed E-state index contributed by atoms with van der Waals surface area (Å²) in [6.45, 7) is 0. The van der Waals surface area contributed by atoms with E-state index in [4.69, 9.17) is 9.47 Å². The topological polar surface area (TPSA) is 99.4 Å². The molecule has 18 heavy (non-hydrogen) atoms. The van der Waals surface area contributed by atoms with Gasteiger partial charge in [0.1, 0.15) is 12.2 Å². The Morgan fingerprint density at radius 1 is 0.778 bits per heavy atom. The van der Waals surface area contributed by atoms with Crippen molar-refractivity contribution in [3.8, 4) is 0 Å². The molecular weight excluding hydrogens is 240 g/mol. The maximum absolute atomic E-state index is 10.4. The molecule has 2 aliphatic carbocycles. The molecule has 1 heterocycles. The molecule has 0 amide bonds. The number of rotatable bonds is 0. The third kappa shape index (κ3) is 1.79. The molecule has 3 rings (SSSR count). The van der Waals surface area contributed by atoms with Gasteiger partial charge in [0.15, 0.2) is 11.6 Å². The number of hydrogen-bond acceptors (Lipinski definition) is 6. The van der Waals surface area contributed by atoms with Gasteiger partial charge in [-0.1, -0.05) is 0 Å². The van der Waals surface area contributed by atoms with Crippen molar-refractivity contribution in [2.24, 2.45) is 0 Å². The SMILES string of the molecule is OC1CCCC2(O)OC3C(O)CCCC3(O)OC12. The van der Waals surface area contributed by atoms with E-state index < -0.39 is 36.0 Å². The van der Waals surface area contributed by atoms with Crippen LogP contribution in [0.25, 0.3) is 0 Å². The van der Waals surface area contributed by atoms with Crippen LogP contribution < -0.4 is 0 Å². The lowest BCUT2D eigenvalue weighted by Gasteiger charge is -2.56. The molecule has 6 atom stereocenters. The van der Waals surface area contributed by atoms with Crippen LogP contribution in [0.2, 0.25) is 0 Å². The van der Waals surface area contributed by atoms with Gasteiger partial charge in [-0.25, -0.2) is 0 Å². The molecule has 6 heteroatoms. The number of fused-ring (bicyclic) bond motifs is 2. The van der Waals surface area contributed by atoms with E-state index in [1.165, 1.54) is 0 Å². The van der Waals surface area contributed by atoms with E-state index in [1.54, 1.807) is 0 Å². The van der Waals surface area contributed by atoms with Gasteiger partial charge in [0.05, 0.1) is 12.2 Å². The first kappa shape index (κ1) is 12.8. The van der Waals surface area contributed by atoms with E-state index in [1.807, 2.05) is 0 Å². The molecular formula is C12H20O6. The van der Waals surface area contributed by atoms with E-state index in [-0.39, 0.29) is 0 Å². The normalized spacial score (nSPS) is 56.7. The highest BCUT2D eigenvalue weighted by molar-refractivity contribution is 5.01. The largest absolute Gasteiger partial charge is 0.390 e. The van der Waals surface area contributed by atoms with Crippen LogP contribution in [0, 0.1) is 0 Å². The van der Waals surface area contributed by atoms with Crippen molar-refractivity contribution in [1.29, 1.82) is 0 Å². The number of aliphatic hydroxyl groups is 4. The maximum atomic E-state index is 10.4. The van der Waals surface area contributed by atoms with Crippen LogP contribution in [0.5, 0.6) is 0 Å². The fourth-order valence-corrected chi connectivity index (χ4v) is 3.35. The predicted octanol–water partition coefficient (Wildman–Crippen LogP) is -0.763. The van der Waals surface area contributed by atoms with E-state index >= 15 is 0 Å². The summed E-state index contributed by atoms with van der Waals surface area (Å²) in [4.78, 5) is 0. The fraction of sp³-hybridized carbons (Fsp3) is 1.00. The summed E-state index contributed by atoms with van der Waals surface area (Å²) in [6.07, 6.45) is -0.644. The lowest BCUT2D eigenvalue weighted by molar-refractivity contribution is -0.456. The van der Waals surface area contributed by atoms with Crippen molar-refractivity contribution in [3.63, 3.8) is 0 Å². The molecule has 2 saturated carbocycles. The van der Waals surface area contributed by atoms with Crippen LogP contribution in [-0.2, 0) is 9.47 Å². The summed E-state index contributed by atoms with van der Waals surface area (Å²) < 4.78 is 11.1. The molecule has 0 spiro atoms. The molecule has 4 N–H and O–H groups in total. The molecule has 104 valence electrons. The Labute approximate surface area is 105 Å². The Morgan fingerprint density at radius 2 is 1.17 bits per heavy atom. The van der Waals surface area contributed by atoms with Crippen molar-refractivity contribution in [2.45, 2.75) is 74.5 Å². The first-order valence-corrected chi connectivity index (χ1v) is 6.61. The maximum Gasteiger partial charge on any atom is 0.195 e. The van der Waals surface area contributed by atoms with E-state index in [0.29, 0.717) is 38.5 Å². The summed E-state index contributed by atoms with van der Waals surface area (Å²) in [5.41, 5.74) is 0. The second-order valence-corrected chi connectivity index (χ2v) is 5.69. The van der Waals surface area contributed by atoms with Crippen molar-refractivity contribution < 1.29 is 29.9 Å². The average Bonchev–Trinajstić information content (AvgIpc) is 2.30. The third-order valence-electron chi connectivity index (χ3n) is 4.32. The minimum Gasteiger partial charge on any atom is -0.390 e.